The van der Waals surface area contributed by atoms with Crippen LogP contribution in [0.25, 0.3) is 0 Å². The van der Waals surface area contributed by atoms with Gasteiger partial charge in [0.25, 0.3) is 5.91 Å². The van der Waals surface area contributed by atoms with E-state index in [1.165, 1.54) is 6.07 Å². The topological polar surface area (TPSA) is 95.5 Å². The van der Waals surface area contributed by atoms with Crippen LogP contribution >= 0.6 is 11.6 Å². The highest BCUT2D eigenvalue weighted by Gasteiger charge is 2.34. The third-order valence-corrected chi connectivity index (χ3v) is 4.34. The molecule has 0 saturated heterocycles. The van der Waals surface area contributed by atoms with E-state index in [0.29, 0.717) is 30.0 Å². The van der Waals surface area contributed by atoms with Gasteiger partial charge in [0, 0.05) is 11.6 Å². The lowest BCUT2D eigenvalue weighted by molar-refractivity contribution is -0.146. The van der Waals surface area contributed by atoms with Crippen LogP contribution in [0.5, 0.6) is 0 Å². The van der Waals surface area contributed by atoms with Crippen LogP contribution in [0.4, 0.5) is 5.69 Å². The first-order valence-electron chi connectivity index (χ1n) is 8.20. The lowest BCUT2D eigenvalue weighted by Gasteiger charge is -2.24. The maximum Gasteiger partial charge on any atom is 0.307 e. The molecular formula is C18H21ClN2O4. The molecule has 1 aromatic rings. The lowest BCUT2D eigenvalue weighted by Crippen LogP contribution is -2.35. The highest BCUT2D eigenvalue weighted by atomic mass is 35.5. The summed E-state index contributed by atoms with van der Waals surface area (Å²) >= 11 is 5.99. The van der Waals surface area contributed by atoms with Crippen molar-refractivity contribution in [2.24, 2.45) is 11.8 Å². The van der Waals surface area contributed by atoms with Crippen LogP contribution in [-0.4, -0.2) is 29.4 Å². The number of benzene rings is 1. The average molecular weight is 365 g/mol. The zero-order valence-corrected chi connectivity index (χ0v) is 14.7. The van der Waals surface area contributed by atoms with E-state index in [1.807, 2.05) is 6.92 Å². The summed E-state index contributed by atoms with van der Waals surface area (Å²) in [7, 11) is 0. The van der Waals surface area contributed by atoms with E-state index in [2.05, 4.69) is 10.6 Å². The zero-order chi connectivity index (χ0) is 18.4. The van der Waals surface area contributed by atoms with Crippen LogP contribution in [0.2, 0.25) is 5.02 Å². The molecule has 6 nitrogen and oxygen atoms in total. The van der Waals surface area contributed by atoms with Crippen LogP contribution < -0.4 is 10.6 Å². The summed E-state index contributed by atoms with van der Waals surface area (Å²) in [5, 5.41) is 15.1. The maximum absolute atomic E-state index is 12.6. The summed E-state index contributed by atoms with van der Waals surface area (Å²) < 4.78 is 0. The Kier molecular flexibility index (Phi) is 6.58. The molecule has 0 aliphatic heterocycles. The fourth-order valence-electron chi connectivity index (χ4n) is 2.75. The van der Waals surface area contributed by atoms with E-state index >= 15 is 0 Å². The number of carboxylic acids is 1. The molecular weight excluding hydrogens is 344 g/mol. The number of rotatable bonds is 6. The summed E-state index contributed by atoms with van der Waals surface area (Å²) in [6.45, 7) is 2.46. The van der Waals surface area contributed by atoms with Crippen molar-refractivity contribution in [3.63, 3.8) is 0 Å². The summed E-state index contributed by atoms with van der Waals surface area (Å²) in [5.74, 6) is -3.21. The molecule has 0 fully saturated rings. The van der Waals surface area contributed by atoms with Gasteiger partial charge in [-0.2, -0.15) is 0 Å². The quantitative estimate of drug-likeness (QED) is 0.676. The van der Waals surface area contributed by atoms with Gasteiger partial charge in [0.1, 0.15) is 0 Å². The molecule has 3 N–H and O–H groups in total. The van der Waals surface area contributed by atoms with Crippen LogP contribution in [0.1, 0.15) is 36.5 Å². The van der Waals surface area contributed by atoms with E-state index in [-0.39, 0.29) is 11.6 Å². The minimum atomic E-state index is -1.00. The second-order valence-electron chi connectivity index (χ2n) is 5.93. The van der Waals surface area contributed by atoms with Gasteiger partial charge in [-0.25, -0.2) is 0 Å². The van der Waals surface area contributed by atoms with Crippen molar-refractivity contribution in [3.05, 3.63) is 40.9 Å². The second kappa shape index (κ2) is 8.67. The molecule has 0 spiro atoms. The molecule has 1 aromatic carbocycles. The van der Waals surface area contributed by atoms with E-state index < -0.39 is 23.7 Å². The first-order chi connectivity index (χ1) is 11.9. The SMILES string of the molecule is CCCNC(=O)c1ccc(Cl)cc1NC(=O)[C@@H]1CC=CC[C@H]1C(=O)O. The Morgan fingerprint density at radius 2 is 1.88 bits per heavy atom. The Morgan fingerprint density at radius 1 is 1.20 bits per heavy atom. The highest BCUT2D eigenvalue weighted by molar-refractivity contribution is 6.31. The van der Waals surface area contributed by atoms with Gasteiger partial charge in [-0.05, 0) is 37.5 Å². The van der Waals surface area contributed by atoms with Crippen molar-refractivity contribution >= 4 is 35.1 Å². The number of hydrogen-bond acceptors (Lipinski definition) is 3. The summed E-state index contributed by atoms with van der Waals surface area (Å²) in [6, 6.07) is 4.61. The fourth-order valence-corrected chi connectivity index (χ4v) is 2.93. The number of hydrogen-bond donors (Lipinski definition) is 3. The highest BCUT2D eigenvalue weighted by Crippen LogP contribution is 2.28. The predicted octanol–water partition coefficient (Wildman–Crippen LogP) is 3.09. The minimum Gasteiger partial charge on any atom is -0.481 e. The number of carboxylic acid groups (broad SMARTS) is 1. The predicted molar refractivity (Wildman–Crippen MR) is 95.7 cm³/mol. The fraction of sp³-hybridized carbons (Fsp3) is 0.389. The van der Waals surface area contributed by atoms with Crippen molar-refractivity contribution in [2.45, 2.75) is 26.2 Å². The molecule has 0 saturated carbocycles. The first kappa shape index (κ1) is 19.0. The Morgan fingerprint density at radius 3 is 2.52 bits per heavy atom. The number of allylic oxidation sites excluding steroid dienone is 2. The molecule has 7 heteroatoms. The summed E-state index contributed by atoms with van der Waals surface area (Å²) in [5.41, 5.74) is 0.578. The van der Waals surface area contributed by atoms with Gasteiger partial charge < -0.3 is 15.7 Å². The van der Waals surface area contributed by atoms with Crippen LogP contribution in [0, 0.1) is 11.8 Å². The van der Waals surface area contributed by atoms with E-state index in [4.69, 9.17) is 11.6 Å². The third kappa shape index (κ3) is 4.82. The normalized spacial score (nSPS) is 19.3. The smallest absolute Gasteiger partial charge is 0.307 e. The number of carbonyl (C=O) groups excluding carboxylic acids is 2. The van der Waals surface area contributed by atoms with Crippen LogP contribution in [0.15, 0.2) is 30.4 Å². The molecule has 2 rings (SSSR count). The van der Waals surface area contributed by atoms with Crippen molar-refractivity contribution in [1.29, 1.82) is 0 Å². The number of amides is 2. The zero-order valence-electron chi connectivity index (χ0n) is 13.9. The van der Waals surface area contributed by atoms with Gasteiger partial charge >= 0.3 is 5.97 Å². The lowest BCUT2D eigenvalue weighted by atomic mass is 9.82. The van der Waals surface area contributed by atoms with E-state index in [9.17, 15) is 19.5 Å². The van der Waals surface area contributed by atoms with E-state index in [1.54, 1.807) is 24.3 Å². The van der Waals surface area contributed by atoms with Gasteiger partial charge in [0.2, 0.25) is 5.91 Å². The van der Waals surface area contributed by atoms with Crippen LogP contribution in [0.3, 0.4) is 0 Å². The molecule has 1 aliphatic carbocycles. The molecule has 0 bridgehead atoms. The largest absolute Gasteiger partial charge is 0.481 e. The first-order valence-corrected chi connectivity index (χ1v) is 8.58. The molecule has 0 radical (unpaired) electrons. The number of carbonyl (C=O) groups is 3. The Hall–Kier alpha value is -2.34. The molecule has 0 unspecified atom stereocenters. The van der Waals surface area contributed by atoms with Gasteiger partial charge in [-0.3, -0.25) is 14.4 Å². The standard InChI is InChI=1S/C18H21ClN2O4/c1-2-9-20-16(22)14-8-7-11(19)10-15(14)21-17(23)12-5-3-4-6-13(12)18(24)25/h3-4,7-8,10,12-13H,2,5-6,9H2,1H3,(H,20,22)(H,21,23)(H,24,25)/t12-,13-/m1/s1. The molecule has 0 aromatic heterocycles. The summed E-state index contributed by atoms with van der Waals surface area (Å²) in [4.78, 5) is 36.2. The van der Waals surface area contributed by atoms with Gasteiger partial charge in [-0.15, -0.1) is 0 Å². The average Bonchev–Trinajstić information content (AvgIpc) is 2.59. The number of halogens is 1. The van der Waals surface area contributed by atoms with Gasteiger partial charge in [0.15, 0.2) is 0 Å². The molecule has 2 atom stereocenters. The molecule has 1 aliphatic rings. The van der Waals surface area contributed by atoms with E-state index in [0.717, 1.165) is 6.42 Å². The Bertz CT molecular complexity index is 702. The third-order valence-electron chi connectivity index (χ3n) is 4.11. The van der Waals surface area contributed by atoms with Gasteiger partial charge in [-0.1, -0.05) is 30.7 Å². The van der Waals surface area contributed by atoms with Gasteiger partial charge in [0.05, 0.1) is 23.1 Å². The molecule has 0 heterocycles. The number of aliphatic carboxylic acids is 1. The number of anilines is 1. The number of nitrogens with one attached hydrogen (secondary N) is 2. The molecule has 134 valence electrons. The molecule has 25 heavy (non-hydrogen) atoms. The monoisotopic (exact) mass is 364 g/mol. The Labute approximate surface area is 151 Å². The van der Waals surface area contributed by atoms with Crippen LogP contribution in [-0.2, 0) is 9.59 Å². The van der Waals surface area contributed by atoms with Crippen molar-refractivity contribution in [3.8, 4) is 0 Å². The minimum absolute atomic E-state index is 0.282. The maximum atomic E-state index is 12.6. The van der Waals surface area contributed by atoms with Crippen molar-refractivity contribution in [2.75, 3.05) is 11.9 Å². The Balaban J connectivity index is 2.22. The van der Waals surface area contributed by atoms with Crippen molar-refractivity contribution in [1.82, 2.24) is 5.32 Å². The molecule has 2 amide bonds. The second-order valence-corrected chi connectivity index (χ2v) is 6.37. The van der Waals surface area contributed by atoms with Crippen molar-refractivity contribution < 1.29 is 19.5 Å². The summed E-state index contributed by atoms with van der Waals surface area (Å²) in [6.07, 6.45) is 5.02.